The van der Waals surface area contributed by atoms with E-state index in [2.05, 4.69) is 18.0 Å². The maximum Gasteiger partial charge on any atom is 0.165 e. The van der Waals surface area contributed by atoms with Crippen molar-refractivity contribution in [2.45, 2.75) is 49.3 Å². The van der Waals surface area contributed by atoms with Gasteiger partial charge in [0.1, 0.15) is 6.10 Å². The van der Waals surface area contributed by atoms with Crippen LogP contribution in [0.4, 0.5) is 0 Å². The van der Waals surface area contributed by atoms with Crippen molar-refractivity contribution in [1.82, 2.24) is 4.90 Å². The van der Waals surface area contributed by atoms with Crippen LogP contribution in [0.3, 0.4) is 0 Å². The quantitative estimate of drug-likeness (QED) is 0.858. The summed E-state index contributed by atoms with van der Waals surface area (Å²) in [6.45, 7) is 1.09. The van der Waals surface area contributed by atoms with E-state index in [9.17, 15) is 5.11 Å². The zero-order chi connectivity index (χ0) is 15.1. The summed E-state index contributed by atoms with van der Waals surface area (Å²) in [5, 5.41) is 10.6. The van der Waals surface area contributed by atoms with E-state index in [4.69, 9.17) is 9.47 Å². The van der Waals surface area contributed by atoms with E-state index < -0.39 is 0 Å². The van der Waals surface area contributed by atoms with E-state index in [1.807, 2.05) is 6.07 Å². The van der Waals surface area contributed by atoms with Crippen LogP contribution in [-0.4, -0.2) is 49.0 Å². The standard InChI is InChI=1S/C18H23NO3/c1-19-8-7-18-11-4-5-13(20)17(18)22-16-14(21-2)6-3-10(15(16)18)9-12(11)19/h3,6,11-13,17,20H,4-5,7-9H2,1-2H3/t11-,12+,13+,17?,18-/m0/s1. The van der Waals surface area contributed by atoms with Gasteiger partial charge in [0.2, 0.25) is 0 Å². The van der Waals surface area contributed by atoms with Crippen LogP contribution < -0.4 is 9.47 Å². The van der Waals surface area contributed by atoms with Gasteiger partial charge in [-0.25, -0.2) is 0 Å². The number of methoxy groups -OCH3 is 1. The van der Waals surface area contributed by atoms with Crippen LogP contribution in [0.1, 0.15) is 30.4 Å². The Labute approximate surface area is 131 Å². The van der Waals surface area contributed by atoms with E-state index in [-0.39, 0.29) is 17.6 Å². The van der Waals surface area contributed by atoms with E-state index in [0.717, 1.165) is 43.7 Å². The molecule has 1 N–H and O–H groups in total. The zero-order valence-electron chi connectivity index (χ0n) is 13.2. The van der Waals surface area contributed by atoms with Gasteiger partial charge in [0.15, 0.2) is 11.5 Å². The summed E-state index contributed by atoms with van der Waals surface area (Å²) >= 11 is 0. The third-order valence-electron chi connectivity index (χ3n) is 6.77. The monoisotopic (exact) mass is 301 g/mol. The van der Waals surface area contributed by atoms with Crippen molar-refractivity contribution in [3.8, 4) is 11.5 Å². The molecule has 5 atom stereocenters. The van der Waals surface area contributed by atoms with Crippen molar-refractivity contribution in [2.24, 2.45) is 5.92 Å². The normalized spacial score (nSPS) is 41.8. The molecule has 4 nitrogen and oxygen atoms in total. The maximum atomic E-state index is 10.6. The number of piperidine rings is 1. The fourth-order valence-electron chi connectivity index (χ4n) is 5.86. The Hall–Kier alpha value is -1.26. The van der Waals surface area contributed by atoms with Crippen molar-refractivity contribution < 1.29 is 14.6 Å². The van der Waals surface area contributed by atoms with Crippen molar-refractivity contribution in [3.05, 3.63) is 23.3 Å². The van der Waals surface area contributed by atoms with Crippen LogP contribution in [0, 0.1) is 5.92 Å². The lowest BCUT2D eigenvalue weighted by molar-refractivity contribution is -0.0993. The molecule has 1 aromatic rings. The van der Waals surface area contributed by atoms with Crippen molar-refractivity contribution >= 4 is 0 Å². The second-order valence-corrected chi connectivity index (χ2v) is 7.46. The van der Waals surface area contributed by atoms with Gasteiger partial charge >= 0.3 is 0 Å². The summed E-state index contributed by atoms with van der Waals surface area (Å²) < 4.78 is 11.9. The molecule has 1 saturated carbocycles. The third kappa shape index (κ3) is 1.32. The van der Waals surface area contributed by atoms with E-state index in [1.54, 1.807) is 7.11 Å². The predicted octanol–water partition coefficient (Wildman–Crippen LogP) is 1.73. The molecule has 1 saturated heterocycles. The Morgan fingerprint density at radius 1 is 1.36 bits per heavy atom. The predicted molar refractivity (Wildman–Crippen MR) is 82.6 cm³/mol. The molecule has 2 bridgehead atoms. The molecule has 2 fully saturated rings. The van der Waals surface area contributed by atoms with E-state index in [0.29, 0.717) is 12.0 Å². The molecule has 0 aromatic heterocycles. The van der Waals surface area contributed by atoms with E-state index in [1.165, 1.54) is 11.1 Å². The number of aliphatic hydroxyl groups is 1. The molecule has 0 radical (unpaired) electrons. The molecule has 2 aliphatic carbocycles. The van der Waals surface area contributed by atoms with Gasteiger partial charge in [-0.3, -0.25) is 0 Å². The zero-order valence-corrected chi connectivity index (χ0v) is 13.2. The minimum absolute atomic E-state index is 0.00625. The highest BCUT2D eigenvalue weighted by Gasteiger charge is 2.65. The van der Waals surface area contributed by atoms with Gasteiger partial charge in [-0.2, -0.15) is 0 Å². The average Bonchev–Trinajstić information content (AvgIpc) is 2.88. The largest absolute Gasteiger partial charge is 0.493 e. The molecule has 4 heteroatoms. The Bertz CT molecular complexity index is 645. The van der Waals surface area contributed by atoms with Gasteiger partial charge in [0, 0.05) is 17.0 Å². The second-order valence-electron chi connectivity index (χ2n) is 7.46. The Morgan fingerprint density at radius 2 is 2.23 bits per heavy atom. The highest BCUT2D eigenvalue weighted by atomic mass is 16.5. The maximum absolute atomic E-state index is 10.6. The minimum atomic E-state index is -0.358. The number of nitrogens with zero attached hydrogens (tertiary/aromatic N) is 1. The fraction of sp³-hybridized carbons (Fsp3) is 0.667. The number of likely N-dealkylation sites (N-methyl/N-ethyl adjacent to an activating group) is 1. The van der Waals surface area contributed by atoms with Crippen molar-refractivity contribution in [3.63, 3.8) is 0 Å². The Balaban J connectivity index is 1.80. The lowest BCUT2D eigenvalue weighted by Gasteiger charge is -2.58. The molecule has 4 aliphatic rings. The summed E-state index contributed by atoms with van der Waals surface area (Å²) in [5.74, 6) is 2.34. The smallest absolute Gasteiger partial charge is 0.165 e. The number of rotatable bonds is 1. The minimum Gasteiger partial charge on any atom is -0.493 e. The first-order chi connectivity index (χ1) is 10.7. The number of ether oxygens (including phenoxy) is 2. The SMILES string of the molecule is COc1ccc2c3c1OC1[C@H](O)CC[C@H]4[C@@H](C2)N(C)CC[C@]314. The van der Waals surface area contributed by atoms with Crippen LogP contribution in [0.2, 0.25) is 0 Å². The average molecular weight is 301 g/mol. The summed E-state index contributed by atoms with van der Waals surface area (Å²) in [5.41, 5.74) is 2.77. The summed E-state index contributed by atoms with van der Waals surface area (Å²) in [6.07, 6.45) is 3.69. The Morgan fingerprint density at radius 3 is 3.05 bits per heavy atom. The first kappa shape index (κ1) is 13.2. The van der Waals surface area contributed by atoms with Gasteiger partial charge in [-0.15, -0.1) is 0 Å². The summed E-state index contributed by atoms with van der Waals surface area (Å²) in [4.78, 5) is 2.52. The lowest BCUT2D eigenvalue weighted by atomic mass is 9.51. The van der Waals surface area contributed by atoms with Crippen LogP contribution in [-0.2, 0) is 11.8 Å². The number of hydrogen-bond donors (Lipinski definition) is 1. The fourth-order valence-corrected chi connectivity index (χ4v) is 5.86. The molecular weight excluding hydrogens is 278 g/mol. The molecule has 118 valence electrons. The Kier molecular flexibility index (Phi) is 2.51. The summed E-state index contributed by atoms with van der Waals surface area (Å²) in [6, 6.07) is 4.83. The van der Waals surface area contributed by atoms with Crippen LogP contribution in [0.15, 0.2) is 12.1 Å². The number of benzene rings is 1. The first-order valence-corrected chi connectivity index (χ1v) is 8.42. The molecule has 5 rings (SSSR count). The molecule has 1 spiro atoms. The number of aliphatic hydroxyl groups excluding tert-OH is 1. The van der Waals surface area contributed by atoms with Gasteiger partial charge in [-0.1, -0.05) is 6.07 Å². The molecule has 2 aliphatic heterocycles. The third-order valence-corrected chi connectivity index (χ3v) is 6.77. The van der Waals surface area contributed by atoms with Crippen molar-refractivity contribution in [2.75, 3.05) is 20.7 Å². The summed E-state index contributed by atoms with van der Waals surface area (Å²) in [7, 11) is 3.96. The molecule has 1 unspecified atom stereocenters. The van der Waals surface area contributed by atoms with Gasteiger partial charge < -0.3 is 19.5 Å². The highest BCUT2D eigenvalue weighted by molar-refractivity contribution is 5.61. The van der Waals surface area contributed by atoms with Crippen molar-refractivity contribution in [1.29, 1.82) is 0 Å². The number of likely N-dealkylation sites (tertiary alicyclic amines) is 1. The molecule has 1 aromatic carbocycles. The molecule has 0 amide bonds. The highest BCUT2D eigenvalue weighted by Crippen LogP contribution is 2.63. The molecule has 2 heterocycles. The van der Waals surface area contributed by atoms with Gasteiger partial charge in [0.05, 0.1) is 13.2 Å². The first-order valence-electron chi connectivity index (χ1n) is 8.42. The van der Waals surface area contributed by atoms with Gasteiger partial charge in [-0.05, 0) is 56.8 Å². The molecule has 22 heavy (non-hydrogen) atoms. The lowest BCUT2D eigenvalue weighted by Crippen LogP contribution is -2.66. The topological polar surface area (TPSA) is 41.9 Å². The van der Waals surface area contributed by atoms with Gasteiger partial charge in [0.25, 0.3) is 0 Å². The van der Waals surface area contributed by atoms with Crippen LogP contribution in [0.25, 0.3) is 0 Å². The van der Waals surface area contributed by atoms with Crippen LogP contribution in [0.5, 0.6) is 11.5 Å². The van der Waals surface area contributed by atoms with E-state index >= 15 is 0 Å². The number of hydrogen-bond acceptors (Lipinski definition) is 4. The molecular formula is C18H23NO3. The van der Waals surface area contributed by atoms with Crippen LogP contribution >= 0.6 is 0 Å². The second kappa shape index (κ2) is 4.18.